The molecule has 1 aliphatic heterocycles. The molecule has 156 valence electrons. The molecule has 5 nitrogen and oxygen atoms in total. The van der Waals surface area contributed by atoms with E-state index in [2.05, 4.69) is 12.2 Å². The first-order valence-electron chi connectivity index (χ1n) is 10.8. The molecule has 1 saturated carbocycles. The Morgan fingerprint density at radius 2 is 2.07 bits per heavy atom. The first-order valence-corrected chi connectivity index (χ1v) is 11.7. The minimum Gasteiger partial charge on any atom is -0.388 e. The molecule has 2 heterocycles. The van der Waals surface area contributed by atoms with Gasteiger partial charge in [-0.25, -0.2) is 0 Å². The fraction of sp³-hybridized carbons (Fsp3) is 0.727. The zero-order chi connectivity index (χ0) is 20.1. The molecule has 3 rings (SSSR count). The van der Waals surface area contributed by atoms with E-state index in [-0.39, 0.29) is 23.8 Å². The summed E-state index contributed by atoms with van der Waals surface area (Å²) in [7, 11) is 0. The maximum absolute atomic E-state index is 13.0. The summed E-state index contributed by atoms with van der Waals surface area (Å²) in [4.78, 5) is 28.8. The number of unbranched alkanes of at least 4 members (excludes halogenated alkanes) is 2. The molecule has 0 aromatic carbocycles. The van der Waals surface area contributed by atoms with Crippen LogP contribution in [0, 0.1) is 5.92 Å². The monoisotopic (exact) mass is 406 g/mol. The summed E-state index contributed by atoms with van der Waals surface area (Å²) in [6.07, 6.45) is 8.04. The molecule has 1 aromatic heterocycles. The number of hydrogen-bond donors (Lipinski definition) is 2. The van der Waals surface area contributed by atoms with E-state index in [9.17, 15) is 14.7 Å². The average molecular weight is 407 g/mol. The van der Waals surface area contributed by atoms with E-state index in [0.29, 0.717) is 19.4 Å². The molecule has 3 atom stereocenters. The third kappa shape index (κ3) is 4.77. The van der Waals surface area contributed by atoms with Gasteiger partial charge in [0.1, 0.15) is 0 Å². The van der Waals surface area contributed by atoms with Gasteiger partial charge in [-0.05, 0) is 44.1 Å². The highest BCUT2D eigenvalue weighted by molar-refractivity contribution is 7.10. The van der Waals surface area contributed by atoms with Gasteiger partial charge in [-0.3, -0.25) is 9.59 Å². The maximum Gasteiger partial charge on any atom is 0.223 e. The maximum atomic E-state index is 13.0. The van der Waals surface area contributed by atoms with Gasteiger partial charge in [-0.15, -0.1) is 11.3 Å². The van der Waals surface area contributed by atoms with E-state index >= 15 is 0 Å². The molecule has 1 saturated heterocycles. The third-order valence-corrected chi connectivity index (χ3v) is 7.30. The van der Waals surface area contributed by atoms with Gasteiger partial charge in [0, 0.05) is 23.8 Å². The summed E-state index contributed by atoms with van der Waals surface area (Å²) in [5.74, 6) is 0.197. The van der Waals surface area contributed by atoms with Crippen molar-refractivity contribution >= 4 is 23.2 Å². The summed E-state index contributed by atoms with van der Waals surface area (Å²) in [6.45, 7) is 4.45. The number of rotatable bonds is 7. The van der Waals surface area contributed by atoms with Gasteiger partial charge in [-0.2, -0.15) is 0 Å². The lowest BCUT2D eigenvalue weighted by atomic mass is 9.81. The number of hydrogen-bond acceptors (Lipinski definition) is 4. The van der Waals surface area contributed by atoms with Crippen molar-refractivity contribution in [3.8, 4) is 0 Å². The van der Waals surface area contributed by atoms with Crippen LogP contribution in [-0.4, -0.2) is 40.0 Å². The van der Waals surface area contributed by atoms with E-state index in [1.807, 2.05) is 22.4 Å². The fourth-order valence-corrected chi connectivity index (χ4v) is 5.46. The van der Waals surface area contributed by atoms with Crippen LogP contribution in [0.1, 0.15) is 82.6 Å². The number of nitrogens with one attached hydrogen (secondary N) is 1. The minimum atomic E-state index is -1.04. The topological polar surface area (TPSA) is 69.6 Å². The quantitative estimate of drug-likeness (QED) is 0.672. The number of amides is 2. The Morgan fingerprint density at radius 3 is 2.71 bits per heavy atom. The molecule has 0 spiro atoms. The van der Waals surface area contributed by atoms with Crippen LogP contribution in [0.2, 0.25) is 0 Å². The highest BCUT2D eigenvalue weighted by Gasteiger charge is 2.48. The molecular formula is C22H34N2O3S. The lowest BCUT2D eigenvalue weighted by Gasteiger charge is -2.49. The molecule has 2 amide bonds. The average Bonchev–Trinajstić information content (AvgIpc) is 3.37. The molecule has 2 fully saturated rings. The van der Waals surface area contributed by atoms with E-state index in [0.717, 1.165) is 49.8 Å². The first-order chi connectivity index (χ1) is 13.4. The summed E-state index contributed by atoms with van der Waals surface area (Å²) in [5.41, 5.74) is -1.04. The Bertz CT molecular complexity index is 653. The van der Waals surface area contributed by atoms with Gasteiger partial charge in [0.05, 0.1) is 17.7 Å². The van der Waals surface area contributed by atoms with Crippen molar-refractivity contribution in [3.05, 3.63) is 22.4 Å². The smallest absolute Gasteiger partial charge is 0.223 e. The molecule has 1 aliphatic carbocycles. The van der Waals surface area contributed by atoms with Crippen LogP contribution in [-0.2, 0) is 9.59 Å². The Morgan fingerprint density at radius 1 is 1.32 bits per heavy atom. The zero-order valence-electron chi connectivity index (χ0n) is 17.2. The molecular weight excluding hydrogens is 372 g/mol. The summed E-state index contributed by atoms with van der Waals surface area (Å²) in [6, 6.07) is 3.20. The minimum absolute atomic E-state index is 0.0320. The van der Waals surface area contributed by atoms with Crippen LogP contribution in [0.15, 0.2) is 17.5 Å². The van der Waals surface area contributed by atoms with Crippen LogP contribution >= 0.6 is 11.3 Å². The summed E-state index contributed by atoms with van der Waals surface area (Å²) >= 11 is 1.59. The van der Waals surface area contributed by atoms with Gasteiger partial charge < -0.3 is 15.3 Å². The molecule has 0 unspecified atom stereocenters. The molecule has 0 radical (unpaired) electrons. The Labute approximate surface area is 172 Å². The van der Waals surface area contributed by atoms with Crippen LogP contribution in [0.5, 0.6) is 0 Å². The Kier molecular flexibility index (Phi) is 7.15. The molecule has 1 aromatic rings. The van der Waals surface area contributed by atoms with Crippen molar-refractivity contribution in [3.63, 3.8) is 0 Å². The lowest BCUT2D eigenvalue weighted by molar-refractivity contribution is -0.146. The second-order valence-electron chi connectivity index (χ2n) is 8.58. The second-order valence-corrected chi connectivity index (χ2v) is 9.56. The number of likely N-dealkylation sites (tertiary alicyclic amines) is 1. The number of piperidine rings is 1. The van der Waals surface area contributed by atoms with Crippen LogP contribution < -0.4 is 5.32 Å². The Balaban J connectivity index is 1.83. The fourth-order valence-electron chi connectivity index (χ4n) is 4.58. The van der Waals surface area contributed by atoms with Crippen molar-refractivity contribution in [1.29, 1.82) is 0 Å². The van der Waals surface area contributed by atoms with Crippen molar-refractivity contribution in [1.82, 2.24) is 10.2 Å². The molecule has 6 heteroatoms. The SMILES string of the molecule is CCCCCC(=O)N1CC[C@@](C)(O)[C@@H](NC(=O)C2CCCC2)[C@@H]1c1cccs1. The van der Waals surface area contributed by atoms with Crippen molar-refractivity contribution in [2.45, 2.75) is 89.3 Å². The number of thiophene rings is 1. The summed E-state index contributed by atoms with van der Waals surface area (Å²) < 4.78 is 0. The van der Waals surface area contributed by atoms with Crippen molar-refractivity contribution in [2.75, 3.05) is 6.54 Å². The molecule has 28 heavy (non-hydrogen) atoms. The van der Waals surface area contributed by atoms with Crippen molar-refractivity contribution in [2.24, 2.45) is 5.92 Å². The van der Waals surface area contributed by atoms with Crippen LogP contribution in [0.4, 0.5) is 0 Å². The highest BCUT2D eigenvalue weighted by atomic mass is 32.1. The molecule has 2 N–H and O–H groups in total. The van der Waals surface area contributed by atoms with Gasteiger partial charge in [-0.1, -0.05) is 38.7 Å². The predicted molar refractivity (Wildman–Crippen MR) is 112 cm³/mol. The van der Waals surface area contributed by atoms with Crippen LogP contribution in [0.3, 0.4) is 0 Å². The van der Waals surface area contributed by atoms with Crippen LogP contribution in [0.25, 0.3) is 0 Å². The van der Waals surface area contributed by atoms with Gasteiger partial charge in [0.2, 0.25) is 11.8 Å². The number of aliphatic hydroxyl groups is 1. The van der Waals surface area contributed by atoms with E-state index in [1.165, 1.54) is 0 Å². The van der Waals surface area contributed by atoms with E-state index in [4.69, 9.17) is 0 Å². The van der Waals surface area contributed by atoms with E-state index in [1.54, 1.807) is 18.3 Å². The van der Waals surface area contributed by atoms with Crippen molar-refractivity contribution < 1.29 is 14.7 Å². The van der Waals surface area contributed by atoms with Gasteiger partial charge in [0.25, 0.3) is 0 Å². The zero-order valence-corrected chi connectivity index (χ0v) is 18.0. The molecule has 2 aliphatic rings. The lowest BCUT2D eigenvalue weighted by Crippen LogP contribution is -2.63. The normalized spacial score (nSPS) is 28.5. The Hall–Kier alpha value is -1.40. The number of carbonyl (C=O) groups excluding carboxylic acids is 2. The van der Waals surface area contributed by atoms with E-state index < -0.39 is 11.6 Å². The summed E-state index contributed by atoms with van der Waals surface area (Å²) in [5, 5.41) is 16.3. The van der Waals surface area contributed by atoms with Gasteiger partial charge in [0.15, 0.2) is 0 Å². The number of carbonyl (C=O) groups is 2. The largest absolute Gasteiger partial charge is 0.388 e. The van der Waals surface area contributed by atoms with Gasteiger partial charge >= 0.3 is 0 Å². The third-order valence-electron chi connectivity index (χ3n) is 6.35. The standard InChI is InChI=1S/C22H34N2O3S/c1-3-4-5-12-18(25)24-14-13-22(2,27)20(19(24)17-11-8-15-28-17)23-21(26)16-9-6-7-10-16/h8,11,15-16,19-20,27H,3-7,9-10,12-14H2,1-2H3,(H,23,26)/t19-,20-,22+/m0/s1. The predicted octanol–water partition coefficient (Wildman–Crippen LogP) is 4.03. The highest BCUT2D eigenvalue weighted by Crippen LogP contribution is 2.40. The first kappa shape index (κ1) is 21.3. The second kappa shape index (κ2) is 9.40. The molecule has 0 bridgehead atoms. The number of nitrogens with zero attached hydrogens (tertiary/aromatic N) is 1.